The van der Waals surface area contributed by atoms with E-state index in [-0.39, 0.29) is 29.2 Å². The minimum absolute atomic E-state index is 0.00480. The van der Waals surface area contributed by atoms with Crippen molar-refractivity contribution < 1.29 is 9.59 Å². The molecule has 4 heteroatoms. The van der Waals surface area contributed by atoms with Gasteiger partial charge in [0.25, 0.3) is 0 Å². The summed E-state index contributed by atoms with van der Waals surface area (Å²) >= 11 is 0. The van der Waals surface area contributed by atoms with E-state index in [1.807, 2.05) is 62.9 Å². The number of carbonyl (C=O) groups excluding carboxylic acids is 2. The van der Waals surface area contributed by atoms with Crippen molar-refractivity contribution in [1.29, 1.82) is 0 Å². The molecule has 1 aliphatic rings. The second-order valence-corrected chi connectivity index (χ2v) is 7.46. The van der Waals surface area contributed by atoms with Crippen LogP contribution < -0.4 is 5.32 Å². The number of rotatable bonds is 3. The molecule has 0 aliphatic carbocycles. The minimum Gasteiger partial charge on any atom is -0.349 e. The van der Waals surface area contributed by atoms with E-state index in [2.05, 4.69) is 5.32 Å². The number of hydrogen-bond acceptors (Lipinski definition) is 2. The lowest BCUT2D eigenvalue weighted by Crippen LogP contribution is -2.46. The lowest BCUT2D eigenvalue weighted by Gasteiger charge is -2.35. The van der Waals surface area contributed by atoms with Crippen molar-refractivity contribution >= 4 is 11.8 Å². The van der Waals surface area contributed by atoms with Crippen LogP contribution in [0.4, 0.5) is 0 Å². The first kappa shape index (κ1) is 17.5. The van der Waals surface area contributed by atoms with E-state index in [0.717, 1.165) is 18.4 Å². The fraction of sp³-hybridized carbons (Fsp3) is 0.579. The first-order valence-electron chi connectivity index (χ1n) is 8.43. The van der Waals surface area contributed by atoms with Gasteiger partial charge >= 0.3 is 0 Å². The number of nitrogens with zero attached hydrogens (tertiary/aromatic N) is 1. The molecule has 1 heterocycles. The number of benzene rings is 1. The predicted molar refractivity (Wildman–Crippen MR) is 91.8 cm³/mol. The molecule has 1 saturated heterocycles. The molecule has 0 saturated carbocycles. The van der Waals surface area contributed by atoms with Gasteiger partial charge in [0.2, 0.25) is 11.8 Å². The van der Waals surface area contributed by atoms with Gasteiger partial charge in [-0.25, -0.2) is 0 Å². The molecule has 0 aromatic heterocycles. The highest BCUT2D eigenvalue weighted by molar-refractivity contribution is 5.82. The SMILES string of the molecule is CC(NC(=O)C1CCN(C(=O)C(C)(C)C)CC1)c1ccccc1. The summed E-state index contributed by atoms with van der Waals surface area (Å²) in [5, 5.41) is 3.10. The molecule has 1 atom stereocenters. The molecule has 0 bridgehead atoms. The highest BCUT2D eigenvalue weighted by Crippen LogP contribution is 2.24. The number of amides is 2. The highest BCUT2D eigenvalue weighted by Gasteiger charge is 2.32. The fourth-order valence-corrected chi connectivity index (χ4v) is 2.98. The number of piperidine rings is 1. The van der Waals surface area contributed by atoms with E-state index in [1.54, 1.807) is 0 Å². The lowest BCUT2D eigenvalue weighted by molar-refractivity contribution is -0.142. The standard InChI is InChI=1S/C19H28N2O2/c1-14(15-8-6-5-7-9-15)20-17(22)16-10-12-21(13-11-16)18(23)19(2,3)4/h5-9,14,16H,10-13H2,1-4H3,(H,20,22). The summed E-state index contributed by atoms with van der Waals surface area (Å²) in [5.74, 6) is 0.281. The summed E-state index contributed by atoms with van der Waals surface area (Å²) in [4.78, 5) is 26.6. The Morgan fingerprint density at radius 2 is 1.70 bits per heavy atom. The van der Waals surface area contributed by atoms with Gasteiger partial charge in [-0.1, -0.05) is 51.1 Å². The van der Waals surface area contributed by atoms with Crippen molar-refractivity contribution in [2.24, 2.45) is 11.3 Å². The Morgan fingerprint density at radius 3 is 2.22 bits per heavy atom. The van der Waals surface area contributed by atoms with Gasteiger partial charge in [0, 0.05) is 24.4 Å². The summed E-state index contributed by atoms with van der Waals surface area (Å²) in [5.41, 5.74) is 0.762. The lowest BCUT2D eigenvalue weighted by atomic mass is 9.90. The fourth-order valence-electron chi connectivity index (χ4n) is 2.98. The third-order valence-electron chi connectivity index (χ3n) is 4.45. The molecule has 2 rings (SSSR count). The molecule has 1 N–H and O–H groups in total. The van der Waals surface area contributed by atoms with Crippen LogP contribution in [0.5, 0.6) is 0 Å². The van der Waals surface area contributed by atoms with Gasteiger partial charge in [-0.05, 0) is 25.3 Å². The molecule has 0 radical (unpaired) electrons. The maximum atomic E-state index is 12.4. The molecule has 0 spiro atoms. The Labute approximate surface area is 139 Å². The van der Waals surface area contributed by atoms with Crippen LogP contribution in [-0.4, -0.2) is 29.8 Å². The average molecular weight is 316 g/mol. The summed E-state index contributed by atoms with van der Waals surface area (Å²) in [6.45, 7) is 9.17. The Hall–Kier alpha value is -1.84. The van der Waals surface area contributed by atoms with Crippen LogP contribution in [-0.2, 0) is 9.59 Å². The summed E-state index contributed by atoms with van der Waals surface area (Å²) in [6, 6.07) is 9.99. The normalized spacial score (nSPS) is 17.7. The zero-order valence-electron chi connectivity index (χ0n) is 14.6. The summed E-state index contributed by atoms with van der Waals surface area (Å²) < 4.78 is 0. The van der Waals surface area contributed by atoms with Crippen molar-refractivity contribution in [3.05, 3.63) is 35.9 Å². The van der Waals surface area contributed by atoms with Crippen LogP contribution in [0.25, 0.3) is 0 Å². The van der Waals surface area contributed by atoms with E-state index in [4.69, 9.17) is 0 Å². The van der Waals surface area contributed by atoms with Crippen molar-refractivity contribution in [3.63, 3.8) is 0 Å². The molecule has 23 heavy (non-hydrogen) atoms. The maximum Gasteiger partial charge on any atom is 0.227 e. The van der Waals surface area contributed by atoms with E-state index in [9.17, 15) is 9.59 Å². The molecular formula is C19H28N2O2. The second kappa shape index (κ2) is 7.16. The van der Waals surface area contributed by atoms with Crippen LogP contribution in [0.2, 0.25) is 0 Å². The number of nitrogens with one attached hydrogen (secondary N) is 1. The molecule has 2 amide bonds. The largest absolute Gasteiger partial charge is 0.349 e. The van der Waals surface area contributed by atoms with Gasteiger partial charge < -0.3 is 10.2 Å². The molecule has 1 unspecified atom stereocenters. The first-order chi connectivity index (χ1) is 10.8. The third kappa shape index (κ3) is 4.57. The van der Waals surface area contributed by atoms with E-state index >= 15 is 0 Å². The predicted octanol–water partition coefficient (Wildman–Crippen LogP) is 3.15. The minimum atomic E-state index is -0.350. The smallest absolute Gasteiger partial charge is 0.227 e. The van der Waals surface area contributed by atoms with Crippen molar-refractivity contribution in [3.8, 4) is 0 Å². The van der Waals surface area contributed by atoms with Gasteiger partial charge in [0.1, 0.15) is 0 Å². The van der Waals surface area contributed by atoms with Crippen molar-refractivity contribution in [1.82, 2.24) is 10.2 Å². The van der Waals surface area contributed by atoms with Crippen molar-refractivity contribution in [2.45, 2.75) is 46.6 Å². The molecule has 1 aromatic carbocycles. The topological polar surface area (TPSA) is 49.4 Å². The first-order valence-corrected chi connectivity index (χ1v) is 8.43. The van der Waals surface area contributed by atoms with Gasteiger partial charge in [-0.3, -0.25) is 9.59 Å². The monoisotopic (exact) mass is 316 g/mol. The van der Waals surface area contributed by atoms with Crippen LogP contribution >= 0.6 is 0 Å². The van der Waals surface area contributed by atoms with E-state index in [1.165, 1.54) is 0 Å². The Morgan fingerprint density at radius 1 is 1.13 bits per heavy atom. The zero-order chi connectivity index (χ0) is 17.0. The van der Waals surface area contributed by atoms with Gasteiger partial charge in [-0.15, -0.1) is 0 Å². The number of carbonyl (C=O) groups is 2. The Bertz CT molecular complexity index is 540. The number of hydrogen-bond donors (Lipinski definition) is 1. The van der Waals surface area contributed by atoms with Crippen LogP contribution in [0.3, 0.4) is 0 Å². The molecule has 1 aromatic rings. The average Bonchev–Trinajstić information content (AvgIpc) is 2.54. The van der Waals surface area contributed by atoms with Crippen LogP contribution in [0.15, 0.2) is 30.3 Å². The molecular weight excluding hydrogens is 288 g/mol. The Balaban J connectivity index is 1.85. The highest BCUT2D eigenvalue weighted by atomic mass is 16.2. The van der Waals surface area contributed by atoms with Crippen LogP contribution in [0, 0.1) is 11.3 Å². The third-order valence-corrected chi connectivity index (χ3v) is 4.45. The molecule has 1 fully saturated rings. The Kier molecular flexibility index (Phi) is 5.45. The zero-order valence-corrected chi connectivity index (χ0v) is 14.6. The van der Waals surface area contributed by atoms with E-state index in [0.29, 0.717) is 13.1 Å². The molecule has 126 valence electrons. The van der Waals surface area contributed by atoms with E-state index < -0.39 is 0 Å². The van der Waals surface area contributed by atoms with Crippen LogP contribution in [0.1, 0.15) is 52.1 Å². The maximum absolute atomic E-state index is 12.4. The molecule has 4 nitrogen and oxygen atoms in total. The summed E-state index contributed by atoms with van der Waals surface area (Å²) in [7, 11) is 0. The summed E-state index contributed by atoms with van der Waals surface area (Å²) in [6.07, 6.45) is 1.49. The van der Waals surface area contributed by atoms with Gasteiger partial charge in [0.05, 0.1) is 6.04 Å². The second-order valence-electron chi connectivity index (χ2n) is 7.46. The quantitative estimate of drug-likeness (QED) is 0.931. The van der Waals surface area contributed by atoms with Gasteiger partial charge in [-0.2, -0.15) is 0 Å². The number of likely N-dealkylation sites (tertiary alicyclic amines) is 1. The molecule has 1 aliphatic heterocycles. The van der Waals surface area contributed by atoms with Crippen molar-refractivity contribution in [2.75, 3.05) is 13.1 Å². The van der Waals surface area contributed by atoms with Gasteiger partial charge in [0.15, 0.2) is 0 Å².